The molecule has 3 nitrogen and oxygen atoms in total. The number of anilines is 1. The molecule has 1 N–H and O–H groups in total. The fourth-order valence-electron chi connectivity index (χ4n) is 2.67. The van der Waals surface area contributed by atoms with Crippen molar-refractivity contribution < 1.29 is 4.79 Å². The highest BCUT2D eigenvalue weighted by Crippen LogP contribution is 2.21. The van der Waals surface area contributed by atoms with E-state index in [1.165, 1.54) is 5.56 Å². The highest BCUT2D eigenvalue weighted by molar-refractivity contribution is 5.93. The van der Waals surface area contributed by atoms with E-state index < -0.39 is 0 Å². The van der Waals surface area contributed by atoms with Gasteiger partial charge < -0.3 is 5.32 Å². The molecule has 20 heavy (non-hydrogen) atoms. The maximum atomic E-state index is 12.3. The van der Waals surface area contributed by atoms with Crippen LogP contribution < -0.4 is 5.32 Å². The highest BCUT2D eigenvalue weighted by atomic mass is 16.1. The first-order valence-corrected chi connectivity index (χ1v) is 7.29. The molecule has 3 heteroatoms. The first-order chi connectivity index (χ1) is 9.74. The number of nitrogens with zero attached hydrogens (tertiary/aromatic N) is 1. The van der Waals surface area contributed by atoms with Gasteiger partial charge in [0.05, 0.1) is 6.54 Å². The average Bonchev–Trinajstić information content (AvgIpc) is 2.49. The summed E-state index contributed by atoms with van der Waals surface area (Å²) in [5, 5.41) is 3.08. The maximum absolute atomic E-state index is 12.3. The molecular weight excluding hydrogens is 248 g/mol. The van der Waals surface area contributed by atoms with E-state index in [4.69, 9.17) is 6.42 Å². The molecule has 1 aliphatic rings. The zero-order valence-electron chi connectivity index (χ0n) is 12.1. The van der Waals surface area contributed by atoms with Crippen molar-refractivity contribution in [3.05, 3.63) is 29.8 Å². The van der Waals surface area contributed by atoms with Crippen LogP contribution in [0.25, 0.3) is 0 Å². The smallest absolute Gasteiger partial charge is 0.227 e. The summed E-state index contributed by atoms with van der Waals surface area (Å²) in [6.07, 6.45) is 8.03. The Morgan fingerprint density at radius 3 is 2.75 bits per heavy atom. The molecule has 106 valence electrons. The van der Waals surface area contributed by atoms with Gasteiger partial charge >= 0.3 is 0 Å². The second-order valence-corrected chi connectivity index (χ2v) is 5.25. The molecule has 0 bridgehead atoms. The van der Waals surface area contributed by atoms with Crippen LogP contribution in [-0.2, 0) is 11.2 Å². The van der Waals surface area contributed by atoms with Gasteiger partial charge in [-0.05, 0) is 44.0 Å². The second-order valence-electron chi connectivity index (χ2n) is 5.25. The minimum Gasteiger partial charge on any atom is -0.326 e. The average molecular weight is 270 g/mol. The molecule has 1 saturated heterocycles. The van der Waals surface area contributed by atoms with E-state index in [1.54, 1.807) is 0 Å². The van der Waals surface area contributed by atoms with Crippen molar-refractivity contribution in [3.63, 3.8) is 0 Å². The fraction of sp³-hybridized carbons (Fsp3) is 0.471. The third-order valence-electron chi connectivity index (χ3n) is 3.93. The molecule has 0 saturated carbocycles. The lowest BCUT2D eigenvalue weighted by molar-refractivity contribution is -0.121. The molecule has 1 aromatic carbocycles. The molecule has 0 spiro atoms. The Labute approximate surface area is 121 Å². The summed E-state index contributed by atoms with van der Waals surface area (Å²) < 4.78 is 0. The normalized spacial score (nSPS) is 16.6. The Morgan fingerprint density at radius 1 is 1.40 bits per heavy atom. The van der Waals surface area contributed by atoms with Gasteiger partial charge in [-0.25, -0.2) is 0 Å². The quantitative estimate of drug-likeness (QED) is 0.853. The van der Waals surface area contributed by atoms with Crippen molar-refractivity contribution in [1.82, 2.24) is 4.90 Å². The van der Waals surface area contributed by atoms with Gasteiger partial charge in [-0.15, -0.1) is 6.42 Å². The predicted octanol–water partition coefficient (Wildman–Crippen LogP) is 2.53. The third kappa shape index (κ3) is 3.61. The van der Waals surface area contributed by atoms with Gasteiger partial charge in [-0.3, -0.25) is 9.69 Å². The molecule has 0 atom stereocenters. The highest BCUT2D eigenvalue weighted by Gasteiger charge is 2.24. The van der Waals surface area contributed by atoms with Crippen LogP contribution in [0, 0.1) is 18.3 Å². The number of para-hydroxylation sites is 1. The van der Waals surface area contributed by atoms with Crippen LogP contribution in [0.15, 0.2) is 24.3 Å². The lowest BCUT2D eigenvalue weighted by Gasteiger charge is -2.29. The Bertz CT molecular complexity index is 496. The van der Waals surface area contributed by atoms with Gasteiger partial charge in [-0.2, -0.15) is 0 Å². The number of piperidine rings is 1. The number of aryl methyl sites for hydroxylation is 1. The second kappa shape index (κ2) is 7.12. The summed E-state index contributed by atoms with van der Waals surface area (Å²) in [4.78, 5) is 14.6. The standard InChI is InChI=1S/C17H22N2O/c1-3-11-19-12-9-15(10-13-19)17(20)18-16-8-6-5-7-14(16)4-2/h1,5-8,15H,4,9-13H2,2H3,(H,18,20). The van der Waals surface area contributed by atoms with Crippen LogP contribution in [0.4, 0.5) is 5.69 Å². The van der Waals surface area contributed by atoms with Gasteiger partial charge in [0.2, 0.25) is 5.91 Å². The van der Waals surface area contributed by atoms with E-state index in [1.807, 2.05) is 18.2 Å². The monoisotopic (exact) mass is 270 g/mol. The first kappa shape index (κ1) is 14.6. The largest absolute Gasteiger partial charge is 0.326 e. The Hall–Kier alpha value is -1.79. The van der Waals surface area contributed by atoms with Crippen LogP contribution in [0.2, 0.25) is 0 Å². The molecule has 0 aliphatic carbocycles. The van der Waals surface area contributed by atoms with E-state index in [-0.39, 0.29) is 11.8 Å². The van der Waals surface area contributed by atoms with Crippen molar-refractivity contribution in [1.29, 1.82) is 0 Å². The van der Waals surface area contributed by atoms with Crippen LogP contribution in [-0.4, -0.2) is 30.4 Å². The summed E-state index contributed by atoms with van der Waals surface area (Å²) in [6, 6.07) is 8.01. The molecule has 1 aromatic rings. The molecule has 1 amide bonds. The SMILES string of the molecule is C#CCN1CCC(C(=O)Nc2ccccc2CC)CC1. The zero-order chi connectivity index (χ0) is 14.4. The lowest BCUT2D eigenvalue weighted by atomic mass is 9.95. The molecular formula is C17H22N2O. The van der Waals surface area contributed by atoms with Crippen LogP contribution >= 0.6 is 0 Å². The van der Waals surface area contributed by atoms with Crippen molar-refractivity contribution in [3.8, 4) is 12.3 Å². The van der Waals surface area contributed by atoms with E-state index >= 15 is 0 Å². The molecule has 0 radical (unpaired) electrons. The molecule has 2 rings (SSSR count). The number of rotatable bonds is 4. The summed E-state index contributed by atoms with van der Waals surface area (Å²) in [5.74, 6) is 2.91. The number of carbonyl (C=O) groups is 1. The van der Waals surface area contributed by atoms with Crippen LogP contribution in [0.5, 0.6) is 0 Å². The van der Waals surface area contributed by atoms with Gasteiger partial charge in [0.25, 0.3) is 0 Å². The predicted molar refractivity (Wildman–Crippen MR) is 82.4 cm³/mol. The molecule has 0 unspecified atom stereocenters. The topological polar surface area (TPSA) is 32.3 Å². The maximum Gasteiger partial charge on any atom is 0.227 e. The van der Waals surface area contributed by atoms with Gasteiger partial charge in [0.1, 0.15) is 0 Å². The Balaban J connectivity index is 1.91. The van der Waals surface area contributed by atoms with Gasteiger partial charge in [0.15, 0.2) is 0 Å². The number of hydrogen-bond acceptors (Lipinski definition) is 2. The number of carbonyl (C=O) groups excluding carboxylic acids is 1. The lowest BCUT2D eigenvalue weighted by Crippen LogP contribution is -2.38. The molecule has 0 aromatic heterocycles. The van der Waals surface area contributed by atoms with Gasteiger partial charge in [0, 0.05) is 11.6 Å². The zero-order valence-corrected chi connectivity index (χ0v) is 12.1. The minimum absolute atomic E-state index is 0.105. The summed E-state index contributed by atoms with van der Waals surface area (Å²) in [7, 11) is 0. The van der Waals surface area contributed by atoms with Crippen molar-refractivity contribution in [2.45, 2.75) is 26.2 Å². The number of terminal acetylenes is 1. The molecule has 1 aliphatic heterocycles. The van der Waals surface area contributed by atoms with Crippen molar-refractivity contribution >= 4 is 11.6 Å². The van der Waals surface area contributed by atoms with E-state index in [0.717, 1.165) is 38.0 Å². The number of benzene rings is 1. The summed E-state index contributed by atoms with van der Waals surface area (Å²) in [6.45, 7) is 4.62. The Kier molecular flexibility index (Phi) is 5.20. The van der Waals surface area contributed by atoms with E-state index in [0.29, 0.717) is 6.54 Å². The number of amides is 1. The van der Waals surface area contributed by atoms with Crippen molar-refractivity contribution in [2.75, 3.05) is 25.0 Å². The Morgan fingerprint density at radius 2 is 2.10 bits per heavy atom. The van der Waals surface area contributed by atoms with Gasteiger partial charge in [-0.1, -0.05) is 31.0 Å². The van der Waals surface area contributed by atoms with E-state index in [2.05, 4.69) is 29.1 Å². The molecule has 1 fully saturated rings. The number of nitrogens with one attached hydrogen (secondary N) is 1. The minimum atomic E-state index is 0.105. The van der Waals surface area contributed by atoms with Crippen LogP contribution in [0.3, 0.4) is 0 Å². The van der Waals surface area contributed by atoms with Crippen molar-refractivity contribution in [2.24, 2.45) is 5.92 Å². The summed E-state index contributed by atoms with van der Waals surface area (Å²) >= 11 is 0. The van der Waals surface area contributed by atoms with Crippen LogP contribution in [0.1, 0.15) is 25.3 Å². The number of likely N-dealkylation sites (tertiary alicyclic amines) is 1. The number of hydrogen-bond donors (Lipinski definition) is 1. The third-order valence-corrected chi connectivity index (χ3v) is 3.93. The molecule has 1 heterocycles. The first-order valence-electron chi connectivity index (χ1n) is 7.29. The fourth-order valence-corrected chi connectivity index (χ4v) is 2.67. The van der Waals surface area contributed by atoms with E-state index in [9.17, 15) is 4.79 Å². The summed E-state index contributed by atoms with van der Waals surface area (Å²) in [5.41, 5.74) is 2.14.